The van der Waals surface area contributed by atoms with E-state index in [4.69, 9.17) is 0 Å². The van der Waals surface area contributed by atoms with Crippen molar-refractivity contribution in [1.29, 1.82) is 0 Å². The monoisotopic (exact) mass is 411 g/mol. The van der Waals surface area contributed by atoms with Crippen molar-refractivity contribution in [2.45, 2.75) is 20.0 Å². The minimum Gasteiger partial charge on any atom is -0.508 e. The Morgan fingerprint density at radius 1 is 1.00 bits per heavy atom. The molecule has 0 amide bonds. The van der Waals surface area contributed by atoms with Crippen molar-refractivity contribution in [2.24, 2.45) is 4.99 Å². The Kier molecular flexibility index (Phi) is 8.35. The van der Waals surface area contributed by atoms with E-state index in [0.717, 1.165) is 24.6 Å². The van der Waals surface area contributed by atoms with Crippen LogP contribution in [0.15, 0.2) is 59.6 Å². The van der Waals surface area contributed by atoms with E-state index in [1.807, 2.05) is 37.3 Å². The Hall–Kier alpha value is -1.76. The lowest BCUT2D eigenvalue weighted by atomic mass is 10.2. The second-order valence-electron chi connectivity index (χ2n) is 4.70. The molecule has 0 aliphatic heterocycles. The van der Waals surface area contributed by atoms with Gasteiger partial charge < -0.3 is 15.7 Å². The zero-order valence-electron chi connectivity index (χ0n) is 12.6. The number of hydrogen-bond acceptors (Lipinski definition) is 2. The summed E-state index contributed by atoms with van der Waals surface area (Å²) in [6.45, 7) is 4.10. The van der Waals surface area contributed by atoms with Gasteiger partial charge in [-0.15, -0.1) is 24.0 Å². The van der Waals surface area contributed by atoms with Crippen molar-refractivity contribution >= 4 is 29.9 Å². The van der Waals surface area contributed by atoms with Gasteiger partial charge in [-0.2, -0.15) is 0 Å². The van der Waals surface area contributed by atoms with Gasteiger partial charge in [-0.05, 0) is 30.2 Å². The van der Waals surface area contributed by atoms with Gasteiger partial charge in [0.15, 0.2) is 5.96 Å². The highest BCUT2D eigenvalue weighted by Gasteiger charge is 1.99. The fourth-order valence-electron chi connectivity index (χ4n) is 1.95. The maximum Gasteiger partial charge on any atom is 0.191 e. The number of phenolic OH excluding ortho intramolecular Hbond substituents is 1. The predicted octanol–water partition coefficient (Wildman–Crippen LogP) is 3.27. The van der Waals surface area contributed by atoms with E-state index in [-0.39, 0.29) is 29.7 Å². The lowest BCUT2D eigenvalue weighted by Crippen LogP contribution is -2.36. The number of aliphatic imine (C=N–C) groups is 1. The second kappa shape index (κ2) is 10.0. The van der Waals surface area contributed by atoms with E-state index in [1.165, 1.54) is 5.56 Å². The first kappa shape index (κ1) is 18.3. The molecule has 118 valence electrons. The van der Waals surface area contributed by atoms with Crippen LogP contribution in [0.25, 0.3) is 0 Å². The maximum absolute atomic E-state index is 9.45. The number of hydrogen-bond donors (Lipinski definition) is 3. The number of aromatic hydroxyl groups is 1. The van der Waals surface area contributed by atoms with Crippen molar-refractivity contribution in [3.8, 4) is 5.75 Å². The summed E-state index contributed by atoms with van der Waals surface area (Å²) < 4.78 is 0. The minimum atomic E-state index is 0. The lowest BCUT2D eigenvalue weighted by molar-refractivity contribution is 0.474. The molecule has 0 atom stereocenters. The standard InChI is InChI=1S/C17H21N3O.HI/c1-2-18-17(19-12-14-7-4-3-5-8-14)20-13-15-9-6-10-16(21)11-15;/h3-11,21H,2,12-13H2,1H3,(H2,18,19,20);1H. The first-order valence-electron chi connectivity index (χ1n) is 7.12. The largest absolute Gasteiger partial charge is 0.508 e. The number of guanidine groups is 1. The highest BCUT2D eigenvalue weighted by molar-refractivity contribution is 14.0. The van der Waals surface area contributed by atoms with Crippen LogP contribution >= 0.6 is 24.0 Å². The average molecular weight is 411 g/mol. The van der Waals surface area contributed by atoms with Crippen LogP contribution in [-0.2, 0) is 13.1 Å². The van der Waals surface area contributed by atoms with E-state index in [0.29, 0.717) is 6.54 Å². The first-order valence-corrected chi connectivity index (χ1v) is 7.12. The molecule has 0 aliphatic rings. The third-order valence-corrected chi connectivity index (χ3v) is 2.98. The van der Waals surface area contributed by atoms with Crippen LogP contribution in [-0.4, -0.2) is 17.6 Å². The van der Waals surface area contributed by atoms with Gasteiger partial charge in [0, 0.05) is 13.1 Å². The molecule has 0 saturated heterocycles. The van der Waals surface area contributed by atoms with Gasteiger partial charge in [0.05, 0.1) is 6.54 Å². The molecule has 0 saturated carbocycles. The number of nitrogens with one attached hydrogen (secondary N) is 2. The fourth-order valence-corrected chi connectivity index (χ4v) is 1.95. The van der Waals surface area contributed by atoms with E-state index in [2.05, 4.69) is 27.8 Å². The van der Waals surface area contributed by atoms with Crippen LogP contribution in [0.4, 0.5) is 0 Å². The summed E-state index contributed by atoms with van der Waals surface area (Å²) in [6.07, 6.45) is 0. The van der Waals surface area contributed by atoms with Gasteiger partial charge in [-0.1, -0.05) is 42.5 Å². The topological polar surface area (TPSA) is 56.7 Å². The molecule has 2 aromatic carbocycles. The third kappa shape index (κ3) is 6.34. The Morgan fingerprint density at radius 3 is 2.41 bits per heavy atom. The van der Waals surface area contributed by atoms with Gasteiger partial charge in [0.25, 0.3) is 0 Å². The van der Waals surface area contributed by atoms with Crippen LogP contribution in [0.2, 0.25) is 0 Å². The molecule has 2 rings (SSSR count). The summed E-state index contributed by atoms with van der Waals surface area (Å²) in [7, 11) is 0. The molecular weight excluding hydrogens is 389 g/mol. The van der Waals surface area contributed by atoms with Crippen molar-refractivity contribution in [2.75, 3.05) is 6.54 Å². The zero-order valence-corrected chi connectivity index (χ0v) is 15.0. The molecule has 0 aliphatic carbocycles. The molecule has 22 heavy (non-hydrogen) atoms. The van der Waals surface area contributed by atoms with Crippen molar-refractivity contribution in [3.05, 3.63) is 65.7 Å². The molecule has 0 aromatic heterocycles. The fraction of sp³-hybridized carbons (Fsp3) is 0.235. The second-order valence-corrected chi connectivity index (χ2v) is 4.70. The molecule has 0 bridgehead atoms. The molecule has 0 unspecified atom stereocenters. The Balaban J connectivity index is 0.00000242. The molecule has 3 N–H and O–H groups in total. The normalized spacial score (nSPS) is 10.7. The summed E-state index contributed by atoms with van der Waals surface area (Å²) in [6, 6.07) is 17.4. The molecule has 0 heterocycles. The van der Waals surface area contributed by atoms with Crippen LogP contribution < -0.4 is 10.6 Å². The van der Waals surface area contributed by atoms with Gasteiger partial charge in [-0.25, -0.2) is 4.99 Å². The SMILES string of the molecule is CCNC(=NCc1cccc(O)c1)NCc1ccccc1.I. The number of phenols is 1. The number of rotatable bonds is 5. The number of halogens is 1. The van der Waals surface area contributed by atoms with Crippen molar-refractivity contribution in [1.82, 2.24) is 10.6 Å². The highest BCUT2D eigenvalue weighted by atomic mass is 127. The molecule has 5 heteroatoms. The van der Waals surface area contributed by atoms with E-state index < -0.39 is 0 Å². The Morgan fingerprint density at radius 2 is 1.73 bits per heavy atom. The summed E-state index contributed by atoms with van der Waals surface area (Å²) >= 11 is 0. The zero-order chi connectivity index (χ0) is 14.9. The van der Waals surface area contributed by atoms with Crippen molar-refractivity contribution < 1.29 is 5.11 Å². The summed E-state index contributed by atoms with van der Waals surface area (Å²) in [4.78, 5) is 4.52. The predicted molar refractivity (Wildman–Crippen MR) is 102 cm³/mol. The minimum absolute atomic E-state index is 0. The summed E-state index contributed by atoms with van der Waals surface area (Å²) in [5.74, 6) is 1.04. The van der Waals surface area contributed by atoms with Gasteiger partial charge >= 0.3 is 0 Å². The molecule has 0 spiro atoms. The molecule has 0 radical (unpaired) electrons. The van der Waals surface area contributed by atoms with Crippen LogP contribution in [0.5, 0.6) is 5.75 Å². The Labute approximate surface area is 148 Å². The maximum atomic E-state index is 9.45. The smallest absolute Gasteiger partial charge is 0.191 e. The summed E-state index contributed by atoms with van der Waals surface area (Å²) in [5, 5.41) is 16.0. The van der Waals surface area contributed by atoms with E-state index >= 15 is 0 Å². The van der Waals surface area contributed by atoms with Gasteiger partial charge in [0.1, 0.15) is 5.75 Å². The summed E-state index contributed by atoms with van der Waals surface area (Å²) in [5.41, 5.74) is 2.19. The molecular formula is C17H22IN3O. The number of benzene rings is 2. The van der Waals surface area contributed by atoms with Crippen molar-refractivity contribution in [3.63, 3.8) is 0 Å². The highest BCUT2D eigenvalue weighted by Crippen LogP contribution is 2.11. The van der Waals surface area contributed by atoms with Gasteiger partial charge in [-0.3, -0.25) is 0 Å². The van der Waals surface area contributed by atoms with Crippen LogP contribution in [0.1, 0.15) is 18.1 Å². The quantitative estimate of drug-likeness (QED) is 0.402. The molecule has 0 fully saturated rings. The van der Waals surface area contributed by atoms with E-state index in [1.54, 1.807) is 12.1 Å². The van der Waals surface area contributed by atoms with E-state index in [9.17, 15) is 5.11 Å². The average Bonchev–Trinajstić information content (AvgIpc) is 2.51. The first-order chi connectivity index (χ1) is 10.3. The molecule has 4 nitrogen and oxygen atoms in total. The Bertz CT molecular complexity index is 587. The van der Waals surface area contributed by atoms with Gasteiger partial charge in [0.2, 0.25) is 0 Å². The lowest BCUT2D eigenvalue weighted by Gasteiger charge is -2.11. The van der Waals surface area contributed by atoms with Crippen LogP contribution in [0, 0.1) is 0 Å². The number of nitrogens with zero attached hydrogens (tertiary/aromatic N) is 1. The molecule has 2 aromatic rings. The van der Waals surface area contributed by atoms with Crippen LogP contribution in [0.3, 0.4) is 0 Å². The third-order valence-electron chi connectivity index (χ3n) is 2.98.